The first kappa shape index (κ1) is 12.0. The summed E-state index contributed by atoms with van der Waals surface area (Å²) in [5.41, 5.74) is -0.269. The van der Waals surface area contributed by atoms with Crippen LogP contribution < -0.4 is 10.1 Å². The molecule has 0 fully saturated rings. The van der Waals surface area contributed by atoms with Crippen LogP contribution in [0.2, 0.25) is 0 Å². The van der Waals surface area contributed by atoms with E-state index in [4.69, 9.17) is 9.84 Å². The minimum atomic E-state index is -1.28. The van der Waals surface area contributed by atoms with E-state index in [1.165, 1.54) is 14.0 Å². The molecule has 0 aliphatic carbocycles. The number of rotatable bonds is 3. The highest BCUT2D eigenvalue weighted by Crippen LogP contribution is 2.29. The number of nitrogens with one attached hydrogen (secondary N) is 1. The summed E-state index contributed by atoms with van der Waals surface area (Å²) >= 11 is 0. The zero-order chi connectivity index (χ0) is 12.3. The summed E-state index contributed by atoms with van der Waals surface area (Å²) in [6.45, 7) is 1.23. The van der Waals surface area contributed by atoms with Crippen LogP contribution in [0, 0.1) is 5.82 Å². The van der Waals surface area contributed by atoms with E-state index in [1.54, 1.807) is 0 Å². The molecule has 0 aliphatic heterocycles. The van der Waals surface area contributed by atoms with Crippen molar-refractivity contribution >= 4 is 17.6 Å². The molecule has 0 radical (unpaired) electrons. The molecular formula is C10H10FNO4. The molecule has 0 spiro atoms. The summed E-state index contributed by atoms with van der Waals surface area (Å²) in [4.78, 5) is 21.5. The van der Waals surface area contributed by atoms with Crippen LogP contribution in [0.5, 0.6) is 5.75 Å². The Morgan fingerprint density at radius 1 is 1.44 bits per heavy atom. The predicted octanol–water partition coefficient (Wildman–Crippen LogP) is 1.49. The third-order valence-electron chi connectivity index (χ3n) is 1.81. The van der Waals surface area contributed by atoms with Gasteiger partial charge in [-0.15, -0.1) is 0 Å². The Bertz CT molecular complexity index is 445. The molecule has 0 saturated heterocycles. The van der Waals surface area contributed by atoms with Crippen LogP contribution in [-0.2, 0) is 4.79 Å². The normalized spacial score (nSPS) is 9.69. The fourth-order valence-electron chi connectivity index (χ4n) is 1.21. The van der Waals surface area contributed by atoms with Crippen molar-refractivity contribution in [2.24, 2.45) is 0 Å². The molecule has 5 nitrogen and oxygen atoms in total. The molecule has 1 amide bonds. The summed E-state index contributed by atoms with van der Waals surface area (Å²) in [7, 11) is 1.23. The van der Waals surface area contributed by atoms with Gasteiger partial charge in [-0.3, -0.25) is 4.79 Å². The van der Waals surface area contributed by atoms with Gasteiger partial charge in [0.05, 0.1) is 18.4 Å². The molecule has 1 rings (SSSR count). The molecule has 86 valence electrons. The summed E-state index contributed by atoms with van der Waals surface area (Å²) in [6, 6.07) is 1.96. The Hall–Kier alpha value is -2.11. The summed E-state index contributed by atoms with van der Waals surface area (Å²) in [6.07, 6.45) is 0. The number of benzene rings is 1. The van der Waals surface area contributed by atoms with E-state index in [-0.39, 0.29) is 17.0 Å². The highest BCUT2D eigenvalue weighted by Gasteiger charge is 2.15. The molecule has 0 bridgehead atoms. The minimum absolute atomic E-state index is 0.00704. The monoisotopic (exact) mass is 227 g/mol. The van der Waals surface area contributed by atoms with Crippen molar-refractivity contribution < 1.29 is 23.8 Å². The van der Waals surface area contributed by atoms with E-state index in [0.29, 0.717) is 0 Å². The maximum atomic E-state index is 13.4. The first-order valence-electron chi connectivity index (χ1n) is 4.34. The summed E-state index contributed by atoms with van der Waals surface area (Å²) < 4.78 is 18.1. The lowest BCUT2D eigenvalue weighted by atomic mass is 10.1. The quantitative estimate of drug-likeness (QED) is 0.820. The van der Waals surface area contributed by atoms with E-state index in [9.17, 15) is 14.0 Å². The van der Waals surface area contributed by atoms with Crippen LogP contribution in [-0.4, -0.2) is 24.1 Å². The Morgan fingerprint density at radius 2 is 2.06 bits per heavy atom. The van der Waals surface area contributed by atoms with E-state index >= 15 is 0 Å². The largest absolute Gasteiger partial charge is 0.492 e. The highest BCUT2D eigenvalue weighted by atomic mass is 19.1. The number of hydrogen-bond acceptors (Lipinski definition) is 3. The molecule has 1 aromatic carbocycles. The van der Waals surface area contributed by atoms with Crippen molar-refractivity contribution in [2.75, 3.05) is 12.4 Å². The van der Waals surface area contributed by atoms with Gasteiger partial charge in [0.15, 0.2) is 11.6 Å². The minimum Gasteiger partial charge on any atom is -0.492 e. The zero-order valence-electron chi connectivity index (χ0n) is 8.70. The van der Waals surface area contributed by atoms with Gasteiger partial charge in [0.1, 0.15) is 0 Å². The molecule has 0 unspecified atom stereocenters. The first-order chi connectivity index (χ1) is 7.45. The van der Waals surface area contributed by atoms with E-state index in [2.05, 4.69) is 5.32 Å². The van der Waals surface area contributed by atoms with Crippen molar-refractivity contribution in [1.29, 1.82) is 0 Å². The van der Waals surface area contributed by atoms with Crippen molar-refractivity contribution in [3.8, 4) is 5.75 Å². The number of halogens is 1. The number of methoxy groups -OCH3 is 1. The van der Waals surface area contributed by atoms with E-state index < -0.39 is 17.7 Å². The third-order valence-corrected chi connectivity index (χ3v) is 1.81. The van der Waals surface area contributed by atoms with Gasteiger partial charge < -0.3 is 15.2 Å². The van der Waals surface area contributed by atoms with Gasteiger partial charge in [-0.2, -0.15) is 0 Å². The maximum Gasteiger partial charge on any atom is 0.335 e. The molecule has 0 aliphatic rings. The van der Waals surface area contributed by atoms with E-state index in [1.807, 2.05) is 0 Å². The fourth-order valence-corrected chi connectivity index (χ4v) is 1.21. The third kappa shape index (κ3) is 2.47. The molecule has 0 atom stereocenters. The van der Waals surface area contributed by atoms with Gasteiger partial charge >= 0.3 is 5.97 Å². The van der Waals surface area contributed by atoms with Gasteiger partial charge in [0.25, 0.3) is 0 Å². The Morgan fingerprint density at radius 3 is 2.50 bits per heavy atom. The average molecular weight is 227 g/mol. The van der Waals surface area contributed by atoms with Crippen LogP contribution in [0.3, 0.4) is 0 Å². The maximum absolute atomic E-state index is 13.4. The number of hydrogen-bond donors (Lipinski definition) is 2. The first-order valence-corrected chi connectivity index (χ1v) is 4.34. The highest BCUT2D eigenvalue weighted by molar-refractivity contribution is 5.94. The van der Waals surface area contributed by atoms with Crippen LogP contribution in [0.1, 0.15) is 17.3 Å². The average Bonchev–Trinajstić information content (AvgIpc) is 2.16. The molecule has 16 heavy (non-hydrogen) atoms. The standard InChI is InChI=1S/C10H10FNO4/c1-5(13)12-8-4-6(10(14)15)3-7(11)9(8)16-2/h3-4H,1-2H3,(H,12,13)(H,14,15). The van der Waals surface area contributed by atoms with Crippen LogP contribution in [0.15, 0.2) is 12.1 Å². The molecule has 2 N–H and O–H groups in total. The Balaban J connectivity index is 3.30. The second-order valence-corrected chi connectivity index (χ2v) is 3.03. The number of carbonyl (C=O) groups excluding carboxylic acids is 1. The molecular weight excluding hydrogens is 217 g/mol. The number of anilines is 1. The summed E-state index contributed by atoms with van der Waals surface area (Å²) in [5.74, 6) is -2.76. The van der Waals surface area contributed by atoms with Gasteiger partial charge in [-0.25, -0.2) is 9.18 Å². The topological polar surface area (TPSA) is 75.6 Å². The molecule has 0 saturated carbocycles. The predicted molar refractivity (Wildman–Crippen MR) is 54.2 cm³/mol. The lowest BCUT2D eigenvalue weighted by Gasteiger charge is -2.10. The second kappa shape index (κ2) is 4.61. The lowest BCUT2D eigenvalue weighted by Crippen LogP contribution is -2.09. The molecule has 6 heteroatoms. The lowest BCUT2D eigenvalue weighted by molar-refractivity contribution is -0.114. The van der Waals surface area contributed by atoms with Crippen molar-refractivity contribution in [1.82, 2.24) is 0 Å². The van der Waals surface area contributed by atoms with Gasteiger partial charge in [0, 0.05) is 6.92 Å². The Labute approximate surface area is 90.8 Å². The zero-order valence-corrected chi connectivity index (χ0v) is 8.70. The Kier molecular flexibility index (Phi) is 3.44. The van der Waals surface area contributed by atoms with Crippen molar-refractivity contribution in [3.63, 3.8) is 0 Å². The molecule has 1 aromatic rings. The number of carboxylic acids is 1. The van der Waals surface area contributed by atoms with E-state index in [0.717, 1.165) is 12.1 Å². The number of ether oxygens (including phenoxy) is 1. The number of carboxylic acid groups (broad SMARTS) is 1. The van der Waals surface area contributed by atoms with Crippen LogP contribution in [0.4, 0.5) is 10.1 Å². The van der Waals surface area contributed by atoms with Crippen LogP contribution >= 0.6 is 0 Å². The van der Waals surface area contributed by atoms with Crippen LogP contribution in [0.25, 0.3) is 0 Å². The smallest absolute Gasteiger partial charge is 0.335 e. The molecule has 0 aromatic heterocycles. The number of amides is 1. The van der Waals surface area contributed by atoms with Crippen molar-refractivity contribution in [2.45, 2.75) is 6.92 Å². The number of aromatic carboxylic acids is 1. The fraction of sp³-hybridized carbons (Fsp3) is 0.200. The number of carbonyl (C=O) groups is 2. The summed E-state index contributed by atoms with van der Waals surface area (Å²) in [5, 5.41) is 11.0. The second-order valence-electron chi connectivity index (χ2n) is 3.03. The van der Waals surface area contributed by atoms with Gasteiger partial charge in [-0.1, -0.05) is 0 Å². The van der Waals surface area contributed by atoms with Crippen molar-refractivity contribution in [3.05, 3.63) is 23.5 Å². The molecule has 0 heterocycles. The van der Waals surface area contributed by atoms with Gasteiger partial charge in [0.2, 0.25) is 5.91 Å². The van der Waals surface area contributed by atoms with Gasteiger partial charge in [-0.05, 0) is 12.1 Å². The SMILES string of the molecule is COc1c(F)cc(C(=O)O)cc1NC(C)=O.